The second-order valence-electron chi connectivity index (χ2n) is 16.5. The number of rotatable bonds is 15. The number of anilines is 1. The number of sulfonamides is 1. The molecular formula is C45H51ClN6O7S. The van der Waals surface area contributed by atoms with Crippen LogP contribution in [0, 0.1) is 15.5 Å². The van der Waals surface area contributed by atoms with Gasteiger partial charge in [-0.15, -0.1) is 0 Å². The lowest BCUT2D eigenvalue weighted by Crippen LogP contribution is -2.47. The molecule has 0 spiro atoms. The minimum Gasteiger partial charge on any atom is -0.487 e. The number of nitro benzene ring substituents is 1. The van der Waals surface area contributed by atoms with Crippen LogP contribution < -0.4 is 19.1 Å². The number of allylic oxidation sites excluding steroid dienone is 1. The van der Waals surface area contributed by atoms with Crippen LogP contribution in [0.25, 0.3) is 16.5 Å². The van der Waals surface area contributed by atoms with Crippen LogP contribution in [0.4, 0.5) is 11.4 Å². The number of aromatic amines is 1. The van der Waals surface area contributed by atoms with Crippen molar-refractivity contribution in [3.63, 3.8) is 0 Å². The summed E-state index contributed by atoms with van der Waals surface area (Å²) >= 11 is 6.24. The van der Waals surface area contributed by atoms with Gasteiger partial charge in [-0.2, -0.15) is 0 Å². The zero-order valence-corrected chi connectivity index (χ0v) is 35.9. The molecule has 4 aromatic carbocycles. The smallest absolute Gasteiger partial charge is 0.312 e. The number of hydrogen-bond donors (Lipinski definition) is 2. The van der Waals surface area contributed by atoms with Gasteiger partial charge in [-0.1, -0.05) is 49.2 Å². The Balaban J connectivity index is 1.10. The molecule has 7 rings (SSSR count). The van der Waals surface area contributed by atoms with Crippen molar-refractivity contribution in [2.24, 2.45) is 5.41 Å². The first-order chi connectivity index (χ1) is 28.7. The highest BCUT2D eigenvalue weighted by atomic mass is 35.5. The van der Waals surface area contributed by atoms with Gasteiger partial charge in [-0.25, -0.2) is 13.1 Å². The summed E-state index contributed by atoms with van der Waals surface area (Å²) in [5, 5.41) is 13.5. The molecule has 0 unspecified atom stereocenters. The monoisotopic (exact) mass is 854 g/mol. The maximum Gasteiger partial charge on any atom is 0.312 e. The van der Waals surface area contributed by atoms with Gasteiger partial charge in [-0.05, 0) is 111 Å². The Morgan fingerprint density at radius 2 is 1.73 bits per heavy atom. The van der Waals surface area contributed by atoms with E-state index in [4.69, 9.17) is 21.1 Å². The topological polar surface area (TPSA) is 150 Å². The summed E-state index contributed by atoms with van der Waals surface area (Å²) in [6.07, 6.45) is 5.60. The number of H-pyrrole nitrogens is 1. The van der Waals surface area contributed by atoms with Crippen LogP contribution in [-0.2, 0) is 10.0 Å². The van der Waals surface area contributed by atoms with E-state index < -0.39 is 31.4 Å². The van der Waals surface area contributed by atoms with Crippen LogP contribution in [0.2, 0.25) is 5.02 Å². The average Bonchev–Trinajstić information content (AvgIpc) is 3.71. The number of nitro groups is 1. The Morgan fingerprint density at radius 1 is 0.967 bits per heavy atom. The van der Waals surface area contributed by atoms with Crippen molar-refractivity contribution in [2.75, 3.05) is 64.9 Å². The SMILES string of the molecule is CN(C)CCCOc1ccc(S(=O)(=O)NC(=O)c2ccc(N3CCN(CC4=C(c5ccc(Cl)cc5)CC(C)(C)CC4)CC3)cc2Oc2cccc3[nH]ccc23)cc1[N+](=O)[O-]. The number of carbonyl (C=O) groups is 1. The number of hydrogen-bond acceptors (Lipinski definition) is 10. The molecule has 1 fully saturated rings. The molecule has 0 saturated carbocycles. The third kappa shape index (κ3) is 10.1. The maximum atomic E-state index is 13.9. The number of benzene rings is 4. The van der Waals surface area contributed by atoms with Crippen molar-refractivity contribution >= 4 is 55.4 Å². The molecule has 0 bridgehead atoms. The molecule has 1 aliphatic carbocycles. The number of amides is 1. The number of piperazine rings is 1. The van der Waals surface area contributed by atoms with E-state index in [2.05, 4.69) is 45.5 Å². The summed E-state index contributed by atoms with van der Waals surface area (Å²) in [5.74, 6) is -0.376. The van der Waals surface area contributed by atoms with Gasteiger partial charge < -0.3 is 24.3 Å². The lowest BCUT2D eigenvalue weighted by Gasteiger charge is -2.39. The van der Waals surface area contributed by atoms with Crippen LogP contribution in [0.1, 0.15) is 55.5 Å². The first-order valence-corrected chi connectivity index (χ1v) is 22.0. The lowest BCUT2D eigenvalue weighted by atomic mass is 9.72. The molecule has 0 radical (unpaired) electrons. The van der Waals surface area contributed by atoms with Crippen LogP contribution in [0.5, 0.6) is 17.2 Å². The summed E-state index contributed by atoms with van der Waals surface area (Å²) < 4.78 is 41.4. The van der Waals surface area contributed by atoms with Crippen LogP contribution >= 0.6 is 11.6 Å². The summed E-state index contributed by atoms with van der Waals surface area (Å²) in [6, 6.07) is 24.0. The number of nitrogens with zero attached hydrogens (tertiary/aromatic N) is 4. The lowest BCUT2D eigenvalue weighted by molar-refractivity contribution is -0.386. The first-order valence-electron chi connectivity index (χ1n) is 20.1. The fourth-order valence-corrected chi connectivity index (χ4v) is 8.98. The van der Waals surface area contributed by atoms with E-state index in [1.807, 2.05) is 49.3 Å². The normalized spacial score (nSPS) is 16.0. The second-order valence-corrected chi connectivity index (χ2v) is 18.6. The molecule has 1 saturated heterocycles. The van der Waals surface area contributed by atoms with E-state index in [1.54, 1.807) is 30.5 Å². The molecule has 60 heavy (non-hydrogen) atoms. The number of halogens is 1. The van der Waals surface area contributed by atoms with Gasteiger partial charge in [0, 0.05) is 79.2 Å². The zero-order valence-electron chi connectivity index (χ0n) is 34.4. The number of ether oxygens (including phenoxy) is 2. The molecule has 5 aromatic rings. The number of fused-ring (bicyclic) bond motifs is 1. The number of nitrogens with one attached hydrogen (secondary N) is 2. The highest BCUT2D eigenvalue weighted by Crippen LogP contribution is 2.43. The van der Waals surface area contributed by atoms with Gasteiger partial charge in [0.2, 0.25) is 0 Å². The Labute approximate surface area is 356 Å². The van der Waals surface area contributed by atoms with Crippen molar-refractivity contribution < 1.29 is 27.6 Å². The molecule has 2 heterocycles. The molecule has 1 aromatic heterocycles. The standard InChI is InChI=1S/C45H51ClN6O7S/c1-45(2)19-17-32(38(29-45)31-9-11-33(46)12-10-31)30-50-22-24-51(25-23-50)34-13-15-37(43(27-34)59-41-8-5-7-39-36(41)18-20-47-39)44(53)48-60(56,57)35-14-16-42(40(28-35)52(54)55)58-26-6-21-49(3)4/h5,7-16,18,20,27-28,47H,6,17,19,21-26,29-30H2,1-4H3,(H,48,53). The van der Waals surface area contributed by atoms with Crippen LogP contribution in [-0.4, -0.2) is 94.0 Å². The molecule has 1 amide bonds. The van der Waals surface area contributed by atoms with Gasteiger partial charge in [0.25, 0.3) is 15.9 Å². The van der Waals surface area contributed by atoms with E-state index in [1.165, 1.54) is 28.8 Å². The molecule has 13 nitrogen and oxygen atoms in total. The van der Waals surface area contributed by atoms with Crippen LogP contribution in [0.3, 0.4) is 0 Å². The Morgan fingerprint density at radius 3 is 2.47 bits per heavy atom. The highest BCUT2D eigenvalue weighted by Gasteiger charge is 2.30. The third-order valence-corrected chi connectivity index (χ3v) is 12.8. The Kier molecular flexibility index (Phi) is 12.9. The predicted molar refractivity (Wildman–Crippen MR) is 236 cm³/mol. The molecule has 0 atom stereocenters. The maximum absolute atomic E-state index is 13.9. The molecule has 316 valence electrons. The minimum absolute atomic E-state index is 0.0225. The van der Waals surface area contributed by atoms with E-state index in [9.17, 15) is 23.3 Å². The molecule has 1 aliphatic heterocycles. The molecular weight excluding hydrogens is 804 g/mol. The van der Waals surface area contributed by atoms with Crippen molar-refractivity contribution in [3.8, 4) is 17.2 Å². The molecule has 2 N–H and O–H groups in total. The molecule has 2 aliphatic rings. The van der Waals surface area contributed by atoms with Crippen molar-refractivity contribution in [2.45, 2.75) is 44.4 Å². The zero-order chi connectivity index (χ0) is 42.6. The van der Waals surface area contributed by atoms with E-state index in [0.717, 1.165) is 79.7 Å². The number of aromatic nitrogens is 1. The predicted octanol–water partition coefficient (Wildman–Crippen LogP) is 8.76. The van der Waals surface area contributed by atoms with Crippen LogP contribution in [0.15, 0.2) is 102 Å². The number of carbonyl (C=O) groups excluding carboxylic acids is 1. The van der Waals surface area contributed by atoms with E-state index in [0.29, 0.717) is 18.7 Å². The van der Waals surface area contributed by atoms with Gasteiger partial charge in [0.1, 0.15) is 11.5 Å². The van der Waals surface area contributed by atoms with Crippen molar-refractivity contribution in [3.05, 3.63) is 123 Å². The summed E-state index contributed by atoms with van der Waals surface area (Å²) in [6.45, 7) is 9.58. The van der Waals surface area contributed by atoms with Gasteiger partial charge in [0.05, 0.1) is 22.0 Å². The second kappa shape index (κ2) is 18.1. The average molecular weight is 855 g/mol. The van der Waals surface area contributed by atoms with E-state index in [-0.39, 0.29) is 29.1 Å². The Hall–Kier alpha value is -5.41. The van der Waals surface area contributed by atoms with Crippen molar-refractivity contribution in [1.82, 2.24) is 19.5 Å². The Bertz CT molecular complexity index is 2510. The summed E-state index contributed by atoms with van der Waals surface area (Å²) in [5.41, 5.74) is 5.45. The quantitative estimate of drug-likeness (QED) is 0.0595. The van der Waals surface area contributed by atoms with E-state index >= 15 is 0 Å². The fraction of sp³-hybridized carbons (Fsp3) is 0.356. The third-order valence-electron chi connectivity index (χ3n) is 11.2. The first kappa shape index (κ1) is 42.7. The minimum atomic E-state index is -4.56. The fourth-order valence-electron chi connectivity index (χ4n) is 7.87. The van der Waals surface area contributed by atoms with Gasteiger partial charge in [-0.3, -0.25) is 19.8 Å². The van der Waals surface area contributed by atoms with Gasteiger partial charge >= 0.3 is 5.69 Å². The summed E-state index contributed by atoms with van der Waals surface area (Å²) in [7, 11) is -0.758. The highest BCUT2D eigenvalue weighted by molar-refractivity contribution is 7.90. The largest absolute Gasteiger partial charge is 0.487 e. The molecule has 15 heteroatoms. The summed E-state index contributed by atoms with van der Waals surface area (Å²) in [4.78, 5) is 34.5. The van der Waals surface area contributed by atoms with Gasteiger partial charge in [0.15, 0.2) is 5.75 Å². The van der Waals surface area contributed by atoms with Crippen molar-refractivity contribution in [1.29, 1.82) is 0 Å².